The Morgan fingerprint density at radius 3 is 2.45 bits per heavy atom. The molecule has 3 nitrogen and oxygen atoms in total. The second kappa shape index (κ2) is 6.89. The molecular weight excluding hydrogens is 252 g/mol. The van der Waals surface area contributed by atoms with Gasteiger partial charge in [-0.25, -0.2) is 0 Å². The third-order valence-corrected chi connectivity index (χ3v) is 3.94. The molecular formula is C17H26O3. The molecule has 0 amide bonds. The summed E-state index contributed by atoms with van der Waals surface area (Å²) in [5.74, 6) is 0.141. The molecule has 0 bridgehead atoms. The molecule has 0 saturated heterocycles. The summed E-state index contributed by atoms with van der Waals surface area (Å²) in [5.41, 5.74) is 1.87. The van der Waals surface area contributed by atoms with Crippen LogP contribution in [0, 0.1) is 5.41 Å². The minimum absolute atomic E-state index is 0.166. The molecule has 1 rings (SSSR count). The molecule has 0 N–H and O–H groups in total. The van der Waals surface area contributed by atoms with Gasteiger partial charge in [-0.05, 0) is 38.3 Å². The van der Waals surface area contributed by atoms with Gasteiger partial charge in [0.2, 0.25) is 0 Å². The number of carbonyl (C=O) groups is 1. The Morgan fingerprint density at radius 2 is 1.90 bits per heavy atom. The van der Waals surface area contributed by atoms with E-state index in [1.807, 2.05) is 19.9 Å². The third-order valence-electron chi connectivity index (χ3n) is 3.94. The van der Waals surface area contributed by atoms with Gasteiger partial charge in [-0.2, -0.15) is 0 Å². The topological polar surface area (TPSA) is 35.5 Å². The summed E-state index contributed by atoms with van der Waals surface area (Å²) in [5, 5.41) is 0. The Kier molecular flexibility index (Phi) is 5.75. The molecule has 20 heavy (non-hydrogen) atoms. The lowest BCUT2D eigenvalue weighted by molar-refractivity contribution is -0.150. The first kappa shape index (κ1) is 16.7. The quantitative estimate of drug-likeness (QED) is 0.746. The van der Waals surface area contributed by atoms with Crippen LogP contribution in [0.15, 0.2) is 24.3 Å². The standard InChI is InChI=1S/C17H26O3/c1-12(13(2)19-5)15-9-7-8-14(10-15)11-17(3,4)16(18)20-6/h7-10,12-13H,11H2,1-6H3. The maximum atomic E-state index is 11.8. The zero-order valence-electron chi connectivity index (χ0n) is 13.4. The van der Waals surface area contributed by atoms with Crippen molar-refractivity contribution in [1.82, 2.24) is 0 Å². The largest absolute Gasteiger partial charge is 0.469 e. The molecule has 112 valence electrons. The Morgan fingerprint density at radius 1 is 1.25 bits per heavy atom. The van der Waals surface area contributed by atoms with Crippen LogP contribution in [0.5, 0.6) is 0 Å². The predicted octanol–water partition coefficient (Wildman–Crippen LogP) is 3.57. The summed E-state index contributed by atoms with van der Waals surface area (Å²) in [6.07, 6.45) is 0.834. The zero-order chi connectivity index (χ0) is 15.3. The molecule has 2 unspecified atom stereocenters. The molecule has 0 aromatic heterocycles. The molecule has 0 spiro atoms. The number of rotatable bonds is 6. The van der Waals surface area contributed by atoms with Crippen LogP contribution in [0.2, 0.25) is 0 Å². The van der Waals surface area contributed by atoms with Gasteiger partial charge >= 0.3 is 5.97 Å². The van der Waals surface area contributed by atoms with Crippen molar-refractivity contribution >= 4 is 5.97 Å². The van der Waals surface area contributed by atoms with Gasteiger partial charge < -0.3 is 9.47 Å². The maximum absolute atomic E-state index is 11.8. The van der Waals surface area contributed by atoms with Crippen LogP contribution in [0.3, 0.4) is 0 Å². The van der Waals surface area contributed by atoms with E-state index in [-0.39, 0.29) is 12.1 Å². The fourth-order valence-electron chi connectivity index (χ4n) is 2.32. The monoisotopic (exact) mass is 278 g/mol. The minimum Gasteiger partial charge on any atom is -0.469 e. The van der Waals surface area contributed by atoms with E-state index in [1.54, 1.807) is 7.11 Å². The summed E-state index contributed by atoms with van der Waals surface area (Å²) in [4.78, 5) is 11.8. The van der Waals surface area contributed by atoms with Crippen LogP contribution >= 0.6 is 0 Å². The van der Waals surface area contributed by atoms with Gasteiger partial charge in [-0.15, -0.1) is 0 Å². The van der Waals surface area contributed by atoms with E-state index in [0.29, 0.717) is 12.3 Å². The smallest absolute Gasteiger partial charge is 0.311 e. The van der Waals surface area contributed by atoms with Gasteiger partial charge in [0, 0.05) is 13.0 Å². The highest BCUT2D eigenvalue weighted by atomic mass is 16.5. The number of methoxy groups -OCH3 is 2. The lowest BCUT2D eigenvalue weighted by Crippen LogP contribution is -2.28. The van der Waals surface area contributed by atoms with E-state index in [0.717, 1.165) is 5.56 Å². The molecule has 3 heteroatoms. The van der Waals surface area contributed by atoms with Gasteiger partial charge in [0.15, 0.2) is 0 Å². The van der Waals surface area contributed by atoms with Crippen molar-refractivity contribution < 1.29 is 14.3 Å². The molecule has 0 fully saturated rings. The molecule has 0 radical (unpaired) electrons. The van der Waals surface area contributed by atoms with E-state index in [2.05, 4.69) is 32.0 Å². The van der Waals surface area contributed by atoms with Crippen LogP contribution in [-0.4, -0.2) is 26.3 Å². The number of ether oxygens (including phenoxy) is 2. The SMILES string of the molecule is COC(=O)C(C)(C)Cc1cccc(C(C)C(C)OC)c1. The maximum Gasteiger partial charge on any atom is 0.311 e. The van der Waals surface area contributed by atoms with Crippen LogP contribution in [0.4, 0.5) is 0 Å². The van der Waals surface area contributed by atoms with Crippen LogP contribution in [0.25, 0.3) is 0 Å². The van der Waals surface area contributed by atoms with Gasteiger partial charge in [0.05, 0.1) is 18.6 Å². The second-order valence-electron chi connectivity index (χ2n) is 6.03. The summed E-state index contributed by atoms with van der Waals surface area (Å²) >= 11 is 0. The lowest BCUT2D eigenvalue weighted by Gasteiger charge is -2.23. The highest BCUT2D eigenvalue weighted by molar-refractivity contribution is 5.76. The summed E-state index contributed by atoms with van der Waals surface area (Å²) in [6.45, 7) is 8.04. The molecule has 0 aliphatic heterocycles. The van der Waals surface area contributed by atoms with Gasteiger partial charge in [-0.3, -0.25) is 4.79 Å². The van der Waals surface area contributed by atoms with E-state index in [1.165, 1.54) is 12.7 Å². The first-order valence-corrected chi connectivity index (χ1v) is 7.02. The molecule has 2 atom stereocenters. The third kappa shape index (κ3) is 4.07. The highest BCUT2D eigenvalue weighted by Crippen LogP contribution is 2.27. The van der Waals surface area contributed by atoms with Gasteiger partial charge in [0.1, 0.15) is 0 Å². The number of hydrogen-bond acceptors (Lipinski definition) is 3. The number of benzene rings is 1. The van der Waals surface area contributed by atoms with E-state index in [4.69, 9.17) is 9.47 Å². The molecule has 0 aliphatic carbocycles. The average Bonchev–Trinajstić information content (AvgIpc) is 2.44. The Hall–Kier alpha value is -1.35. The number of hydrogen-bond donors (Lipinski definition) is 0. The van der Waals surface area contributed by atoms with Gasteiger partial charge in [-0.1, -0.05) is 31.2 Å². The van der Waals surface area contributed by atoms with E-state index < -0.39 is 5.41 Å². The van der Waals surface area contributed by atoms with Gasteiger partial charge in [0.25, 0.3) is 0 Å². The molecule has 0 saturated carbocycles. The minimum atomic E-state index is -0.510. The fraction of sp³-hybridized carbons (Fsp3) is 0.588. The summed E-state index contributed by atoms with van der Waals surface area (Å²) in [6, 6.07) is 8.36. The van der Waals surface area contributed by atoms with Crippen LogP contribution < -0.4 is 0 Å². The Bertz CT molecular complexity index is 451. The van der Waals surface area contributed by atoms with Crippen molar-refractivity contribution in [1.29, 1.82) is 0 Å². The van der Waals surface area contributed by atoms with E-state index >= 15 is 0 Å². The molecule has 0 heterocycles. The lowest BCUT2D eigenvalue weighted by atomic mass is 9.84. The zero-order valence-corrected chi connectivity index (χ0v) is 13.4. The summed E-state index contributed by atoms with van der Waals surface area (Å²) in [7, 11) is 3.16. The predicted molar refractivity (Wildman–Crippen MR) is 80.8 cm³/mol. The first-order chi connectivity index (χ1) is 9.31. The normalized spacial score (nSPS) is 14.7. The van der Waals surface area contributed by atoms with Crippen molar-refractivity contribution in [3.8, 4) is 0 Å². The van der Waals surface area contributed by atoms with E-state index in [9.17, 15) is 4.79 Å². The van der Waals surface area contributed by atoms with Crippen LogP contribution in [-0.2, 0) is 20.7 Å². The number of carbonyl (C=O) groups excluding carboxylic acids is 1. The highest BCUT2D eigenvalue weighted by Gasteiger charge is 2.29. The molecule has 1 aromatic carbocycles. The average molecular weight is 278 g/mol. The van der Waals surface area contributed by atoms with Crippen molar-refractivity contribution in [2.75, 3.05) is 14.2 Å². The van der Waals surface area contributed by atoms with Crippen molar-refractivity contribution in [3.63, 3.8) is 0 Å². The van der Waals surface area contributed by atoms with Crippen molar-refractivity contribution in [3.05, 3.63) is 35.4 Å². The van der Waals surface area contributed by atoms with Crippen LogP contribution in [0.1, 0.15) is 44.7 Å². The molecule has 0 aliphatic rings. The number of esters is 1. The molecule has 1 aromatic rings. The first-order valence-electron chi connectivity index (χ1n) is 7.02. The van der Waals surface area contributed by atoms with Crippen molar-refractivity contribution in [2.45, 2.75) is 46.1 Å². The van der Waals surface area contributed by atoms with Crippen molar-refractivity contribution in [2.24, 2.45) is 5.41 Å². The second-order valence-corrected chi connectivity index (χ2v) is 6.03. The fourth-order valence-corrected chi connectivity index (χ4v) is 2.32. The Balaban J connectivity index is 2.91. The Labute approximate surface area is 122 Å². The summed E-state index contributed by atoms with van der Waals surface area (Å²) < 4.78 is 10.3.